The van der Waals surface area contributed by atoms with Gasteiger partial charge in [0.2, 0.25) is 5.91 Å². The van der Waals surface area contributed by atoms with Crippen LogP contribution in [0.1, 0.15) is 12.5 Å². The molecular formula is C18H21N3O4S. The first-order valence-corrected chi connectivity index (χ1v) is 9.34. The molecule has 1 aromatic carbocycles. The predicted molar refractivity (Wildman–Crippen MR) is 98.7 cm³/mol. The number of β-lactam (4-membered cyclic amide) rings is 1. The molecule has 2 heterocycles. The van der Waals surface area contributed by atoms with Crippen LogP contribution in [-0.4, -0.2) is 57.1 Å². The van der Waals surface area contributed by atoms with Crippen molar-refractivity contribution >= 4 is 29.4 Å². The molecule has 4 atom stereocenters. The number of benzene rings is 1. The van der Waals surface area contributed by atoms with Crippen LogP contribution in [0.3, 0.4) is 0 Å². The normalized spacial score (nSPS) is 25.7. The van der Waals surface area contributed by atoms with Crippen LogP contribution in [-0.2, 0) is 9.59 Å². The zero-order chi connectivity index (χ0) is 19.0. The molecule has 7 nitrogen and oxygen atoms in total. The van der Waals surface area contributed by atoms with Crippen LogP contribution in [0.4, 0.5) is 0 Å². The highest BCUT2D eigenvalue weighted by Crippen LogP contribution is 2.51. The van der Waals surface area contributed by atoms with Gasteiger partial charge >= 0.3 is 5.97 Å². The van der Waals surface area contributed by atoms with Gasteiger partial charge < -0.3 is 21.4 Å². The summed E-state index contributed by atoms with van der Waals surface area (Å²) in [6, 6.07) is 8.47. The van der Waals surface area contributed by atoms with E-state index in [1.54, 1.807) is 12.1 Å². The molecule has 2 aliphatic rings. The number of carboxylic acid groups (broad SMARTS) is 1. The Morgan fingerprint density at radius 2 is 2.04 bits per heavy atom. The van der Waals surface area contributed by atoms with E-state index in [1.165, 1.54) is 23.6 Å². The van der Waals surface area contributed by atoms with Crippen LogP contribution >= 0.6 is 11.8 Å². The average molecular weight is 375 g/mol. The number of aliphatic hydroxyl groups is 1. The van der Waals surface area contributed by atoms with Gasteiger partial charge in [0.15, 0.2) is 0 Å². The molecule has 0 saturated carbocycles. The number of aliphatic hydroxyl groups excluding tert-OH is 1. The number of hydrogen-bond acceptors (Lipinski definition) is 6. The molecule has 0 aliphatic carbocycles. The molecule has 1 fully saturated rings. The lowest BCUT2D eigenvalue weighted by atomic mass is 9.75. The van der Waals surface area contributed by atoms with Crippen LogP contribution in [0.5, 0.6) is 0 Å². The third kappa shape index (κ3) is 2.84. The molecule has 1 amide bonds. The summed E-state index contributed by atoms with van der Waals surface area (Å²) in [7, 11) is 0. The standard InChI is InChI=1S/C18H21N3O4S/c1-9(22)11-14-12(13(20)10-5-3-2-4-6-10)16(26-8-7-19)15(18(24)25)21(14)17(11)23/h2-6,9,11-12,14,20,22H,7-8,19H2,1H3,(H,24,25)/t9-,11-,12?,14-/m1/s1. The Morgan fingerprint density at radius 3 is 2.58 bits per heavy atom. The number of aliphatic carboxylic acids is 1. The maximum Gasteiger partial charge on any atom is 0.353 e. The maximum absolute atomic E-state index is 12.5. The minimum atomic E-state index is -1.20. The summed E-state index contributed by atoms with van der Waals surface area (Å²) in [4.78, 5) is 26.1. The lowest BCUT2D eigenvalue weighted by Gasteiger charge is -2.47. The number of rotatable bonds is 7. The molecule has 5 N–H and O–H groups in total. The number of carbonyl (C=O) groups excluding carboxylic acids is 1. The lowest BCUT2D eigenvalue weighted by molar-refractivity contribution is -0.162. The van der Waals surface area contributed by atoms with Crippen molar-refractivity contribution in [1.82, 2.24) is 4.90 Å². The maximum atomic E-state index is 12.5. The van der Waals surface area contributed by atoms with Gasteiger partial charge in [-0.05, 0) is 12.5 Å². The van der Waals surface area contributed by atoms with Gasteiger partial charge in [0.05, 0.1) is 24.0 Å². The van der Waals surface area contributed by atoms with Gasteiger partial charge in [-0.2, -0.15) is 0 Å². The Kier molecular flexibility index (Phi) is 5.17. The minimum Gasteiger partial charge on any atom is -0.477 e. The van der Waals surface area contributed by atoms with Crippen molar-refractivity contribution < 1.29 is 19.8 Å². The zero-order valence-electron chi connectivity index (χ0n) is 14.3. The SMILES string of the molecule is C[C@@H](O)[C@H]1C(=O)N2C(C(=O)O)=C(SCCN)C(C(=N)c3ccccc3)[C@@H]12. The van der Waals surface area contributed by atoms with E-state index in [0.717, 1.165) is 0 Å². The molecule has 0 radical (unpaired) electrons. The Balaban J connectivity index is 2.08. The van der Waals surface area contributed by atoms with Crippen molar-refractivity contribution in [2.24, 2.45) is 17.6 Å². The van der Waals surface area contributed by atoms with E-state index in [-0.39, 0.29) is 11.4 Å². The topological polar surface area (TPSA) is 128 Å². The number of hydrogen-bond donors (Lipinski definition) is 4. The summed E-state index contributed by atoms with van der Waals surface area (Å²) in [5, 5.41) is 28.4. The zero-order valence-corrected chi connectivity index (χ0v) is 15.1. The summed E-state index contributed by atoms with van der Waals surface area (Å²) in [5.41, 5.74) is 6.41. The van der Waals surface area contributed by atoms with Gasteiger partial charge in [0.25, 0.3) is 0 Å². The van der Waals surface area contributed by atoms with Crippen molar-refractivity contribution in [3.05, 3.63) is 46.5 Å². The van der Waals surface area contributed by atoms with Crippen LogP contribution in [0, 0.1) is 17.2 Å². The predicted octanol–water partition coefficient (Wildman–Crippen LogP) is 0.880. The largest absolute Gasteiger partial charge is 0.477 e. The van der Waals surface area contributed by atoms with Gasteiger partial charge in [-0.15, -0.1) is 11.8 Å². The van der Waals surface area contributed by atoms with Gasteiger partial charge in [-0.1, -0.05) is 30.3 Å². The van der Waals surface area contributed by atoms with Crippen molar-refractivity contribution in [3.8, 4) is 0 Å². The molecule has 8 heteroatoms. The number of carbonyl (C=O) groups is 2. The van der Waals surface area contributed by atoms with E-state index < -0.39 is 35.9 Å². The highest BCUT2D eigenvalue weighted by atomic mass is 32.2. The first-order valence-electron chi connectivity index (χ1n) is 8.35. The summed E-state index contributed by atoms with van der Waals surface area (Å²) in [6.07, 6.45) is -0.913. The Hall–Kier alpha value is -2.16. The molecule has 1 unspecified atom stereocenters. The van der Waals surface area contributed by atoms with Crippen molar-refractivity contribution in [2.75, 3.05) is 12.3 Å². The van der Waals surface area contributed by atoms with Crippen LogP contribution in [0.15, 0.2) is 40.9 Å². The molecule has 0 bridgehead atoms. The number of nitrogens with two attached hydrogens (primary N) is 1. The molecule has 3 rings (SSSR count). The van der Waals surface area contributed by atoms with Crippen LogP contribution < -0.4 is 5.73 Å². The number of fused-ring (bicyclic) bond motifs is 1. The summed E-state index contributed by atoms with van der Waals surface area (Å²) in [5.74, 6) is -2.42. The molecular weight excluding hydrogens is 354 g/mol. The number of carboxylic acids is 1. The van der Waals surface area contributed by atoms with Crippen molar-refractivity contribution in [2.45, 2.75) is 19.1 Å². The van der Waals surface area contributed by atoms with E-state index >= 15 is 0 Å². The van der Waals surface area contributed by atoms with Gasteiger partial charge in [-0.3, -0.25) is 9.69 Å². The molecule has 2 aliphatic heterocycles. The highest BCUT2D eigenvalue weighted by Gasteiger charge is 2.62. The van der Waals surface area contributed by atoms with Gasteiger partial charge in [-0.25, -0.2) is 4.79 Å². The summed E-state index contributed by atoms with van der Waals surface area (Å²) in [6.45, 7) is 1.87. The Bertz CT molecular complexity index is 778. The van der Waals surface area contributed by atoms with E-state index in [0.29, 0.717) is 22.8 Å². The van der Waals surface area contributed by atoms with Crippen LogP contribution in [0.25, 0.3) is 0 Å². The van der Waals surface area contributed by atoms with E-state index in [1.807, 2.05) is 18.2 Å². The first-order chi connectivity index (χ1) is 12.4. The highest BCUT2D eigenvalue weighted by molar-refractivity contribution is 8.03. The van der Waals surface area contributed by atoms with E-state index in [4.69, 9.17) is 11.1 Å². The third-order valence-corrected chi connectivity index (χ3v) is 5.98. The lowest BCUT2D eigenvalue weighted by Crippen LogP contribution is -2.64. The molecule has 0 aromatic heterocycles. The average Bonchev–Trinajstić information content (AvgIpc) is 2.90. The second-order valence-electron chi connectivity index (χ2n) is 6.38. The molecule has 0 spiro atoms. The fourth-order valence-corrected chi connectivity index (χ4v) is 4.79. The summed E-state index contributed by atoms with van der Waals surface area (Å²) < 4.78 is 0. The number of thioether (sulfide) groups is 1. The Labute approximate surface area is 155 Å². The van der Waals surface area contributed by atoms with Crippen molar-refractivity contribution in [3.63, 3.8) is 0 Å². The number of nitrogens with one attached hydrogen (secondary N) is 1. The fraction of sp³-hybridized carbons (Fsp3) is 0.389. The second-order valence-corrected chi connectivity index (χ2v) is 7.51. The smallest absolute Gasteiger partial charge is 0.353 e. The second kappa shape index (κ2) is 7.22. The number of amides is 1. The fourth-order valence-electron chi connectivity index (χ4n) is 3.70. The van der Waals surface area contributed by atoms with Crippen LogP contribution in [0.2, 0.25) is 0 Å². The molecule has 138 valence electrons. The van der Waals surface area contributed by atoms with Gasteiger partial charge in [0, 0.05) is 22.9 Å². The first kappa shape index (κ1) is 18.6. The summed E-state index contributed by atoms with van der Waals surface area (Å²) >= 11 is 1.27. The van der Waals surface area contributed by atoms with E-state index in [9.17, 15) is 19.8 Å². The molecule has 26 heavy (non-hydrogen) atoms. The number of nitrogens with zero attached hydrogens (tertiary/aromatic N) is 1. The quantitative estimate of drug-likeness (QED) is 0.414. The molecule has 1 aromatic rings. The van der Waals surface area contributed by atoms with Gasteiger partial charge in [0.1, 0.15) is 5.70 Å². The Morgan fingerprint density at radius 1 is 1.38 bits per heavy atom. The minimum absolute atomic E-state index is 0.0824. The molecule has 1 saturated heterocycles. The van der Waals surface area contributed by atoms with E-state index in [2.05, 4.69) is 0 Å². The monoisotopic (exact) mass is 375 g/mol. The van der Waals surface area contributed by atoms with Crippen molar-refractivity contribution in [1.29, 1.82) is 5.41 Å². The third-order valence-electron chi connectivity index (χ3n) is 4.78.